The molecule has 0 aliphatic heterocycles. The lowest BCUT2D eigenvalue weighted by Crippen LogP contribution is -2.20. The van der Waals surface area contributed by atoms with Gasteiger partial charge in [0, 0.05) is 13.2 Å². The number of aliphatic hydroxyl groups excluding tert-OH is 1. The minimum absolute atomic E-state index is 0.124. The Morgan fingerprint density at radius 1 is 1.58 bits per heavy atom. The van der Waals surface area contributed by atoms with Gasteiger partial charge in [0.1, 0.15) is 6.33 Å². The van der Waals surface area contributed by atoms with Crippen molar-refractivity contribution in [2.75, 3.05) is 13.2 Å². The Labute approximate surface area is 70.4 Å². The zero-order chi connectivity index (χ0) is 8.81. The number of hydrogen-bond donors (Lipinski definition) is 2. The maximum atomic E-state index is 8.81. The van der Waals surface area contributed by atoms with E-state index in [4.69, 9.17) is 10.8 Å². The molecule has 1 rings (SSSR count). The van der Waals surface area contributed by atoms with E-state index in [0.717, 1.165) is 6.42 Å². The van der Waals surface area contributed by atoms with Crippen LogP contribution in [0.1, 0.15) is 6.42 Å². The highest BCUT2D eigenvalue weighted by atomic mass is 16.3. The number of tetrazole rings is 1. The van der Waals surface area contributed by atoms with Crippen molar-refractivity contribution in [1.82, 2.24) is 20.2 Å². The van der Waals surface area contributed by atoms with Crippen molar-refractivity contribution in [1.29, 1.82) is 0 Å². The van der Waals surface area contributed by atoms with Gasteiger partial charge in [-0.05, 0) is 29.3 Å². The molecule has 0 amide bonds. The molecule has 0 spiro atoms. The van der Waals surface area contributed by atoms with Crippen molar-refractivity contribution in [3.63, 3.8) is 0 Å². The van der Waals surface area contributed by atoms with E-state index in [-0.39, 0.29) is 12.5 Å². The van der Waals surface area contributed by atoms with E-state index in [1.165, 1.54) is 0 Å². The molecule has 6 heteroatoms. The Balaban J connectivity index is 2.25. The maximum absolute atomic E-state index is 8.81. The largest absolute Gasteiger partial charge is 0.396 e. The van der Waals surface area contributed by atoms with Crippen molar-refractivity contribution in [2.24, 2.45) is 11.7 Å². The quantitative estimate of drug-likeness (QED) is 0.570. The van der Waals surface area contributed by atoms with Gasteiger partial charge in [-0.2, -0.15) is 0 Å². The van der Waals surface area contributed by atoms with Gasteiger partial charge in [-0.1, -0.05) is 0 Å². The summed E-state index contributed by atoms with van der Waals surface area (Å²) in [6, 6.07) is 0. The number of aromatic nitrogens is 4. The molecule has 68 valence electrons. The summed E-state index contributed by atoms with van der Waals surface area (Å²) >= 11 is 0. The van der Waals surface area contributed by atoms with Crippen LogP contribution < -0.4 is 5.73 Å². The van der Waals surface area contributed by atoms with Crippen LogP contribution in [0.3, 0.4) is 0 Å². The third-order valence-corrected chi connectivity index (χ3v) is 1.75. The number of nitrogens with zero attached hydrogens (tertiary/aromatic N) is 4. The van der Waals surface area contributed by atoms with E-state index < -0.39 is 0 Å². The van der Waals surface area contributed by atoms with Gasteiger partial charge in [-0.25, -0.2) is 4.68 Å². The average Bonchev–Trinajstić information content (AvgIpc) is 2.59. The fourth-order valence-electron chi connectivity index (χ4n) is 0.881. The van der Waals surface area contributed by atoms with Crippen molar-refractivity contribution in [2.45, 2.75) is 13.0 Å². The lowest BCUT2D eigenvalue weighted by Gasteiger charge is -2.09. The lowest BCUT2D eigenvalue weighted by molar-refractivity contribution is 0.216. The average molecular weight is 171 g/mol. The molecule has 12 heavy (non-hydrogen) atoms. The van der Waals surface area contributed by atoms with Gasteiger partial charge in [0.15, 0.2) is 0 Å². The minimum Gasteiger partial charge on any atom is -0.396 e. The van der Waals surface area contributed by atoms with Crippen LogP contribution in [-0.2, 0) is 6.54 Å². The molecule has 0 bridgehead atoms. The SMILES string of the molecule is NCC(CO)CCn1cnnn1. The second kappa shape index (κ2) is 4.78. The molecule has 1 heterocycles. The molecule has 1 atom stereocenters. The molecule has 0 fully saturated rings. The second-order valence-corrected chi connectivity index (χ2v) is 2.65. The van der Waals surface area contributed by atoms with Crippen LogP contribution in [0.25, 0.3) is 0 Å². The van der Waals surface area contributed by atoms with E-state index >= 15 is 0 Å². The number of aliphatic hydroxyl groups is 1. The molecule has 1 aromatic rings. The summed E-state index contributed by atoms with van der Waals surface area (Å²) in [5, 5.41) is 19.5. The third-order valence-electron chi connectivity index (χ3n) is 1.75. The van der Waals surface area contributed by atoms with Gasteiger partial charge in [-0.3, -0.25) is 0 Å². The van der Waals surface area contributed by atoms with Gasteiger partial charge in [0.25, 0.3) is 0 Å². The Hall–Kier alpha value is -1.01. The number of aryl methyl sites for hydroxylation is 1. The number of hydrogen-bond acceptors (Lipinski definition) is 5. The number of rotatable bonds is 5. The highest BCUT2D eigenvalue weighted by Gasteiger charge is 2.04. The smallest absolute Gasteiger partial charge is 0.138 e. The predicted octanol–water partition coefficient (Wildman–Crippen LogP) is -1.37. The maximum Gasteiger partial charge on any atom is 0.138 e. The molecule has 6 nitrogen and oxygen atoms in total. The first-order valence-corrected chi connectivity index (χ1v) is 3.88. The monoisotopic (exact) mass is 171 g/mol. The van der Waals surface area contributed by atoms with Crippen LogP contribution in [0.2, 0.25) is 0 Å². The molecule has 1 aromatic heterocycles. The van der Waals surface area contributed by atoms with Crippen LogP contribution in [0, 0.1) is 5.92 Å². The molecule has 3 N–H and O–H groups in total. The Kier molecular flexibility index (Phi) is 3.62. The summed E-state index contributed by atoms with van der Waals surface area (Å²) in [6.07, 6.45) is 2.35. The van der Waals surface area contributed by atoms with E-state index in [1.807, 2.05) is 0 Å². The van der Waals surface area contributed by atoms with Gasteiger partial charge in [0.2, 0.25) is 0 Å². The molecule has 0 aliphatic rings. The summed E-state index contributed by atoms with van der Waals surface area (Å²) < 4.78 is 1.62. The molecule has 0 aliphatic carbocycles. The lowest BCUT2D eigenvalue weighted by atomic mass is 10.1. The standard InChI is InChI=1S/C6H13N5O/c7-3-6(4-12)1-2-11-5-8-9-10-11/h5-6,12H,1-4,7H2. The van der Waals surface area contributed by atoms with E-state index in [2.05, 4.69) is 15.5 Å². The summed E-state index contributed by atoms with van der Waals surface area (Å²) in [4.78, 5) is 0. The van der Waals surface area contributed by atoms with Crippen LogP contribution in [0.4, 0.5) is 0 Å². The van der Waals surface area contributed by atoms with E-state index in [0.29, 0.717) is 13.1 Å². The molecular formula is C6H13N5O. The molecule has 0 radical (unpaired) electrons. The molecule has 1 unspecified atom stereocenters. The number of nitrogens with two attached hydrogens (primary N) is 1. The summed E-state index contributed by atoms with van der Waals surface area (Å²) in [5.74, 6) is 0.147. The summed E-state index contributed by atoms with van der Waals surface area (Å²) in [6.45, 7) is 1.33. The Morgan fingerprint density at radius 2 is 2.42 bits per heavy atom. The van der Waals surface area contributed by atoms with Gasteiger partial charge in [-0.15, -0.1) is 5.10 Å². The first-order valence-electron chi connectivity index (χ1n) is 3.88. The Bertz CT molecular complexity index is 196. The molecule has 0 saturated heterocycles. The topological polar surface area (TPSA) is 89.8 Å². The first-order chi connectivity index (χ1) is 5.86. The first kappa shape index (κ1) is 9.08. The minimum atomic E-state index is 0.124. The highest BCUT2D eigenvalue weighted by Crippen LogP contribution is 2.00. The Morgan fingerprint density at radius 3 is 2.92 bits per heavy atom. The van der Waals surface area contributed by atoms with Gasteiger partial charge < -0.3 is 10.8 Å². The van der Waals surface area contributed by atoms with Crippen molar-refractivity contribution >= 4 is 0 Å². The van der Waals surface area contributed by atoms with Crippen LogP contribution in [0.15, 0.2) is 6.33 Å². The summed E-state index contributed by atoms with van der Waals surface area (Å²) in [7, 11) is 0. The van der Waals surface area contributed by atoms with E-state index in [1.54, 1.807) is 11.0 Å². The van der Waals surface area contributed by atoms with Crippen LogP contribution >= 0.6 is 0 Å². The summed E-state index contributed by atoms with van der Waals surface area (Å²) in [5.41, 5.74) is 5.40. The van der Waals surface area contributed by atoms with Crippen molar-refractivity contribution < 1.29 is 5.11 Å². The fourth-order valence-corrected chi connectivity index (χ4v) is 0.881. The zero-order valence-electron chi connectivity index (χ0n) is 6.80. The van der Waals surface area contributed by atoms with Gasteiger partial charge in [0.05, 0.1) is 0 Å². The second-order valence-electron chi connectivity index (χ2n) is 2.65. The normalized spacial score (nSPS) is 13.2. The van der Waals surface area contributed by atoms with Crippen LogP contribution in [0.5, 0.6) is 0 Å². The highest BCUT2D eigenvalue weighted by molar-refractivity contribution is 4.58. The third kappa shape index (κ3) is 2.55. The van der Waals surface area contributed by atoms with Gasteiger partial charge >= 0.3 is 0 Å². The van der Waals surface area contributed by atoms with Crippen molar-refractivity contribution in [3.05, 3.63) is 6.33 Å². The molecule has 0 aromatic carbocycles. The molecular weight excluding hydrogens is 158 g/mol. The zero-order valence-corrected chi connectivity index (χ0v) is 6.80. The fraction of sp³-hybridized carbons (Fsp3) is 0.833. The van der Waals surface area contributed by atoms with E-state index in [9.17, 15) is 0 Å². The van der Waals surface area contributed by atoms with Crippen molar-refractivity contribution in [3.8, 4) is 0 Å². The van der Waals surface area contributed by atoms with Crippen LogP contribution in [-0.4, -0.2) is 38.5 Å². The molecule has 0 saturated carbocycles. The predicted molar refractivity (Wildman–Crippen MR) is 42.1 cm³/mol.